The van der Waals surface area contributed by atoms with Gasteiger partial charge in [0, 0.05) is 6.42 Å². The van der Waals surface area contributed by atoms with E-state index in [1.165, 1.54) is 5.56 Å². The van der Waals surface area contributed by atoms with Gasteiger partial charge in [-0.15, -0.1) is 0 Å². The first-order valence-electron chi connectivity index (χ1n) is 7.57. The van der Waals surface area contributed by atoms with Gasteiger partial charge in [-0.05, 0) is 49.2 Å². The quantitative estimate of drug-likeness (QED) is 0.866. The van der Waals surface area contributed by atoms with Crippen LogP contribution < -0.4 is 10.1 Å². The van der Waals surface area contributed by atoms with Crippen molar-refractivity contribution in [1.82, 2.24) is 5.32 Å². The summed E-state index contributed by atoms with van der Waals surface area (Å²) in [6.07, 6.45) is 0.916. The minimum atomic E-state index is 0.0820. The molecule has 1 unspecified atom stereocenters. The average molecular weight is 287 g/mol. The Balaban J connectivity index is 2.42. The van der Waals surface area contributed by atoms with Crippen LogP contribution in [0.5, 0.6) is 5.75 Å². The largest absolute Gasteiger partial charge is 0.496 e. The Kier molecular flexibility index (Phi) is 5.07. The first-order valence-corrected chi connectivity index (χ1v) is 7.57. The minimum Gasteiger partial charge on any atom is -0.496 e. The van der Waals surface area contributed by atoms with Crippen LogP contribution >= 0.6 is 0 Å². The molecule has 1 heterocycles. The Hall–Kier alpha value is -1.74. The van der Waals surface area contributed by atoms with Gasteiger partial charge in [-0.25, -0.2) is 0 Å². The summed E-state index contributed by atoms with van der Waals surface area (Å²) in [5, 5.41) is 3.51. The summed E-state index contributed by atoms with van der Waals surface area (Å²) in [7, 11) is 1.72. The molecule has 0 radical (unpaired) electrons. The molecule has 1 atom stereocenters. The van der Waals surface area contributed by atoms with Crippen molar-refractivity contribution in [3.63, 3.8) is 0 Å². The van der Waals surface area contributed by atoms with Gasteiger partial charge < -0.3 is 14.5 Å². The molecule has 0 aliphatic carbocycles. The van der Waals surface area contributed by atoms with Gasteiger partial charge >= 0.3 is 0 Å². The Labute approximate surface area is 127 Å². The molecule has 0 aliphatic heterocycles. The normalized spacial score (nSPS) is 12.4. The van der Waals surface area contributed by atoms with Gasteiger partial charge in [0.05, 0.1) is 13.2 Å². The van der Waals surface area contributed by atoms with Crippen LogP contribution in [0.4, 0.5) is 0 Å². The number of ether oxygens (including phenoxy) is 1. The molecule has 0 saturated heterocycles. The van der Waals surface area contributed by atoms with Crippen molar-refractivity contribution >= 4 is 0 Å². The van der Waals surface area contributed by atoms with Gasteiger partial charge in [-0.3, -0.25) is 0 Å². The second-order valence-corrected chi connectivity index (χ2v) is 5.34. The monoisotopic (exact) mass is 287 g/mol. The van der Waals surface area contributed by atoms with Crippen molar-refractivity contribution in [1.29, 1.82) is 0 Å². The van der Waals surface area contributed by atoms with E-state index >= 15 is 0 Å². The Morgan fingerprint density at radius 2 is 1.81 bits per heavy atom. The first-order chi connectivity index (χ1) is 10.1. The molecule has 0 aliphatic rings. The number of aryl methyl sites for hydroxylation is 3. The van der Waals surface area contributed by atoms with E-state index in [2.05, 4.69) is 57.3 Å². The Morgan fingerprint density at radius 3 is 2.29 bits per heavy atom. The fraction of sp³-hybridized carbons (Fsp3) is 0.444. The fourth-order valence-corrected chi connectivity index (χ4v) is 2.80. The third kappa shape index (κ3) is 3.30. The highest BCUT2D eigenvalue weighted by Gasteiger charge is 2.19. The van der Waals surface area contributed by atoms with E-state index in [9.17, 15) is 0 Å². The average Bonchev–Trinajstić information content (AvgIpc) is 2.93. The van der Waals surface area contributed by atoms with Crippen LogP contribution in [0.2, 0.25) is 0 Å². The Bertz CT molecular complexity index is 578. The van der Waals surface area contributed by atoms with Crippen LogP contribution in [0, 0.1) is 13.8 Å². The second kappa shape index (κ2) is 6.81. The van der Waals surface area contributed by atoms with E-state index in [1.807, 2.05) is 0 Å². The summed E-state index contributed by atoms with van der Waals surface area (Å²) in [6.45, 7) is 9.26. The zero-order valence-corrected chi connectivity index (χ0v) is 13.6. The maximum Gasteiger partial charge on any atom is 0.125 e. The maximum absolute atomic E-state index is 5.94. The number of hydrogen-bond acceptors (Lipinski definition) is 3. The molecular formula is C18H25NO2. The number of rotatable bonds is 6. The number of furan rings is 1. The van der Waals surface area contributed by atoms with Crippen molar-refractivity contribution in [2.24, 2.45) is 0 Å². The molecule has 2 rings (SSSR count). The molecule has 0 bridgehead atoms. The smallest absolute Gasteiger partial charge is 0.125 e. The van der Waals surface area contributed by atoms with Gasteiger partial charge in [0.2, 0.25) is 0 Å². The molecule has 0 fully saturated rings. The highest BCUT2D eigenvalue weighted by Crippen LogP contribution is 2.31. The topological polar surface area (TPSA) is 34.4 Å². The molecule has 1 aromatic carbocycles. The van der Waals surface area contributed by atoms with Crippen LogP contribution in [0.15, 0.2) is 28.7 Å². The molecular weight excluding hydrogens is 262 g/mol. The predicted molar refractivity (Wildman–Crippen MR) is 86.1 cm³/mol. The van der Waals surface area contributed by atoms with Gasteiger partial charge in [0.1, 0.15) is 17.3 Å². The zero-order valence-electron chi connectivity index (χ0n) is 13.6. The van der Waals surface area contributed by atoms with Gasteiger partial charge in [0.25, 0.3) is 0 Å². The predicted octanol–water partition coefficient (Wildman–Crippen LogP) is 4.17. The summed E-state index contributed by atoms with van der Waals surface area (Å²) in [4.78, 5) is 0. The lowest BCUT2D eigenvalue weighted by molar-refractivity contribution is 0.406. The van der Waals surface area contributed by atoms with Crippen molar-refractivity contribution in [3.05, 3.63) is 52.5 Å². The van der Waals surface area contributed by atoms with Gasteiger partial charge in [-0.2, -0.15) is 0 Å². The van der Waals surface area contributed by atoms with E-state index in [-0.39, 0.29) is 6.04 Å². The summed E-state index contributed by atoms with van der Waals surface area (Å²) in [6, 6.07) is 8.56. The number of nitrogens with one attached hydrogen (secondary N) is 1. The van der Waals surface area contributed by atoms with Crippen LogP contribution in [-0.2, 0) is 6.42 Å². The first kappa shape index (κ1) is 15.6. The van der Waals surface area contributed by atoms with Crippen LogP contribution in [0.25, 0.3) is 0 Å². The van der Waals surface area contributed by atoms with Crippen molar-refractivity contribution in [2.75, 3.05) is 13.7 Å². The van der Waals surface area contributed by atoms with Gasteiger partial charge in [-0.1, -0.05) is 26.0 Å². The van der Waals surface area contributed by atoms with Gasteiger partial charge in [0.15, 0.2) is 0 Å². The van der Waals surface area contributed by atoms with E-state index in [1.54, 1.807) is 7.11 Å². The molecule has 3 nitrogen and oxygen atoms in total. The molecule has 0 amide bonds. The summed E-state index contributed by atoms with van der Waals surface area (Å²) >= 11 is 0. The maximum atomic E-state index is 5.94. The molecule has 0 spiro atoms. The SMILES string of the molecule is CCNC(c1cc(C)c(OC)c(C)c1)c1ccc(CC)o1. The van der Waals surface area contributed by atoms with Crippen LogP contribution in [0.1, 0.15) is 48.1 Å². The highest BCUT2D eigenvalue weighted by molar-refractivity contribution is 5.45. The minimum absolute atomic E-state index is 0.0820. The summed E-state index contributed by atoms with van der Waals surface area (Å²) in [5.74, 6) is 2.95. The fourth-order valence-electron chi connectivity index (χ4n) is 2.80. The summed E-state index contributed by atoms with van der Waals surface area (Å²) in [5.41, 5.74) is 3.51. The summed E-state index contributed by atoms with van der Waals surface area (Å²) < 4.78 is 11.4. The molecule has 114 valence electrons. The van der Waals surface area contributed by atoms with Crippen molar-refractivity contribution in [2.45, 2.75) is 40.2 Å². The number of benzene rings is 1. The van der Waals surface area contributed by atoms with E-state index in [0.29, 0.717) is 0 Å². The van der Waals surface area contributed by atoms with Crippen LogP contribution in [0.3, 0.4) is 0 Å². The highest BCUT2D eigenvalue weighted by atomic mass is 16.5. The lowest BCUT2D eigenvalue weighted by Gasteiger charge is -2.19. The third-order valence-electron chi connectivity index (χ3n) is 3.74. The molecule has 1 aromatic heterocycles. The van der Waals surface area contributed by atoms with E-state index in [0.717, 1.165) is 41.4 Å². The zero-order chi connectivity index (χ0) is 15.4. The van der Waals surface area contributed by atoms with E-state index in [4.69, 9.17) is 9.15 Å². The van der Waals surface area contributed by atoms with Crippen LogP contribution in [-0.4, -0.2) is 13.7 Å². The standard InChI is InChI=1S/C18H25NO2/c1-6-15-8-9-16(21-15)17(19-7-2)14-10-12(3)18(20-5)13(4)11-14/h8-11,17,19H,6-7H2,1-5H3. The second-order valence-electron chi connectivity index (χ2n) is 5.34. The Morgan fingerprint density at radius 1 is 1.14 bits per heavy atom. The molecule has 0 saturated carbocycles. The molecule has 21 heavy (non-hydrogen) atoms. The van der Waals surface area contributed by atoms with Crippen molar-refractivity contribution < 1.29 is 9.15 Å². The van der Waals surface area contributed by atoms with Crippen molar-refractivity contribution in [3.8, 4) is 5.75 Å². The number of hydrogen-bond donors (Lipinski definition) is 1. The molecule has 1 N–H and O–H groups in total. The lowest BCUT2D eigenvalue weighted by Crippen LogP contribution is -2.21. The third-order valence-corrected chi connectivity index (χ3v) is 3.74. The van der Waals surface area contributed by atoms with E-state index < -0.39 is 0 Å². The number of methoxy groups -OCH3 is 1. The molecule has 2 aromatic rings. The lowest BCUT2D eigenvalue weighted by atomic mass is 9.98. The molecule has 3 heteroatoms.